The summed E-state index contributed by atoms with van der Waals surface area (Å²) >= 11 is 2.23. The molecule has 0 spiro atoms. The summed E-state index contributed by atoms with van der Waals surface area (Å²) in [6.07, 6.45) is 0. The lowest BCUT2D eigenvalue weighted by atomic mass is 10.2. The number of halogens is 1. The first-order valence-electron chi connectivity index (χ1n) is 5.46. The van der Waals surface area contributed by atoms with Crippen molar-refractivity contribution in [2.75, 3.05) is 5.32 Å². The third kappa shape index (κ3) is 2.91. The monoisotopic (exact) mass is 356 g/mol. The molecular weight excluding hydrogens is 343 g/mol. The standard InChI is InChI=1S/C13H13IN2O2/c1-8-2-3-9(6-11(8)14)16-13(17)12-5-4-10(7-15)18-12/h2-6H,7,15H2,1H3,(H,16,17). The molecule has 0 aliphatic carbocycles. The summed E-state index contributed by atoms with van der Waals surface area (Å²) in [6, 6.07) is 9.07. The Morgan fingerprint density at radius 3 is 2.78 bits per heavy atom. The Balaban J connectivity index is 2.13. The Morgan fingerprint density at radius 2 is 2.17 bits per heavy atom. The predicted octanol–water partition coefficient (Wildman–Crippen LogP) is 2.90. The van der Waals surface area contributed by atoms with Crippen LogP contribution in [0.4, 0.5) is 5.69 Å². The minimum atomic E-state index is -0.269. The van der Waals surface area contributed by atoms with Crippen LogP contribution in [-0.4, -0.2) is 5.91 Å². The van der Waals surface area contributed by atoms with Crippen molar-refractivity contribution in [3.63, 3.8) is 0 Å². The van der Waals surface area contributed by atoms with Crippen molar-refractivity contribution in [1.29, 1.82) is 0 Å². The molecule has 2 aromatic rings. The van der Waals surface area contributed by atoms with Gasteiger partial charge in [-0.05, 0) is 59.3 Å². The van der Waals surface area contributed by atoms with E-state index < -0.39 is 0 Å². The fourth-order valence-electron chi connectivity index (χ4n) is 1.47. The molecule has 0 saturated carbocycles. The molecule has 0 fully saturated rings. The van der Waals surface area contributed by atoms with Crippen LogP contribution in [0.25, 0.3) is 0 Å². The number of nitrogens with two attached hydrogens (primary N) is 1. The number of carbonyl (C=O) groups is 1. The number of furan rings is 1. The van der Waals surface area contributed by atoms with Crippen molar-refractivity contribution in [2.24, 2.45) is 5.73 Å². The van der Waals surface area contributed by atoms with Gasteiger partial charge in [0.2, 0.25) is 0 Å². The van der Waals surface area contributed by atoms with E-state index in [1.54, 1.807) is 12.1 Å². The number of benzene rings is 1. The number of nitrogens with one attached hydrogen (secondary N) is 1. The molecule has 0 bridgehead atoms. The smallest absolute Gasteiger partial charge is 0.291 e. The Morgan fingerprint density at radius 1 is 1.39 bits per heavy atom. The van der Waals surface area contributed by atoms with Gasteiger partial charge >= 0.3 is 0 Å². The van der Waals surface area contributed by atoms with Crippen molar-refractivity contribution in [1.82, 2.24) is 0 Å². The van der Waals surface area contributed by atoms with E-state index in [9.17, 15) is 4.79 Å². The van der Waals surface area contributed by atoms with Gasteiger partial charge in [-0.3, -0.25) is 4.79 Å². The topological polar surface area (TPSA) is 68.3 Å². The molecule has 0 aliphatic heterocycles. The van der Waals surface area contributed by atoms with Crippen LogP contribution in [0.2, 0.25) is 0 Å². The first kappa shape index (κ1) is 13.1. The van der Waals surface area contributed by atoms with Crippen LogP contribution in [0.15, 0.2) is 34.7 Å². The second kappa shape index (κ2) is 5.53. The Kier molecular flexibility index (Phi) is 4.03. The van der Waals surface area contributed by atoms with E-state index >= 15 is 0 Å². The molecule has 18 heavy (non-hydrogen) atoms. The quantitative estimate of drug-likeness (QED) is 0.831. The van der Waals surface area contributed by atoms with E-state index in [0.717, 1.165) is 9.26 Å². The number of aryl methyl sites for hydroxylation is 1. The van der Waals surface area contributed by atoms with Crippen LogP contribution < -0.4 is 11.1 Å². The summed E-state index contributed by atoms with van der Waals surface area (Å²) in [4.78, 5) is 11.9. The molecule has 1 aromatic heterocycles. The maximum atomic E-state index is 11.9. The Labute approximate surface area is 119 Å². The summed E-state index contributed by atoms with van der Waals surface area (Å²) in [5.74, 6) is 0.596. The van der Waals surface area contributed by atoms with Gasteiger partial charge in [0, 0.05) is 9.26 Å². The van der Waals surface area contributed by atoms with Gasteiger partial charge in [0.1, 0.15) is 5.76 Å². The summed E-state index contributed by atoms with van der Waals surface area (Å²) in [6.45, 7) is 2.31. The Bertz CT molecular complexity index is 578. The number of amides is 1. The zero-order valence-electron chi connectivity index (χ0n) is 9.87. The normalized spacial score (nSPS) is 10.4. The summed E-state index contributed by atoms with van der Waals surface area (Å²) in [5, 5.41) is 2.79. The molecule has 0 radical (unpaired) electrons. The molecular formula is C13H13IN2O2. The predicted molar refractivity (Wildman–Crippen MR) is 78.4 cm³/mol. The van der Waals surface area contributed by atoms with Gasteiger partial charge in [0.15, 0.2) is 5.76 Å². The third-order valence-corrected chi connectivity index (χ3v) is 3.68. The van der Waals surface area contributed by atoms with E-state index in [2.05, 4.69) is 27.9 Å². The zero-order valence-corrected chi connectivity index (χ0v) is 12.0. The zero-order chi connectivity index (χ0) is 13.1. The third-order valence-electron chi connectivity index (χ3n) is 2.52. The molecule has 0 saturated heterocycles. The van der Waals surface area contributed by atoms with E-state index in [0.29, 0.717) is 5.76 Å². The molecule has 3 N–H and O–H groups in total. The van der Waals surface area contributed by atoms with Crippen molar-refractivity contribution in [3.8, 4) is 0 Å². The lowest BCUT2D eigenvalue weighted by molar-refractivity contribution is 0.0995. The molecule has 1 amide bonds. The number of anilines is 1. The average molecular weight is 356 g/mol. The van der Waals surface area contributed by atoms with Gasteiger partial charge in [-0.1, -0.05) is 6.07 Å². The van der Waals surface area contributed by atoms with Crippen molar-refractivity contribution in [2.45, 2.75) is 13.5 Å². The van der Waals surface area contributed by atoms with Gasteiger partial charge in [-0.15, -0.1) is 0 Å². The summed E-state index contributed by atoms with van der Waals surface area (Å²) in [7, 11) is 0. The van der Waals surface area contributed by atoms with Gasteiger partial charge in [-0.25, -0.2) is 0 Å². The molecule has 0 unspecified atom stereocenters. The minimum Gasteiger partial charge on any atom is -0.455 e. The SMILES string of the molecule is Cc1ccc(NC(=O)c2ccc(CN)o2)cc1I. The largest absolute Gasteiger partial charge is 0.455 e. The van der Waals surface area contributed by atoms with Crippen molar-refractivity contribution < 1.29 is 9.21 Å². The van der Waals surface area contributed by atoms with Crippen molar-refractivity contribution in [3.05, 3.63) is 51.0 Å². The highest BCUT2D eigenvalue weighted by atomic mass is 127. The first-order valence-corrected chi connectivity index (χ1v) is 6.54. The number of rotatable bonds is 3. The fourth-order valence-corrected chi connectivity index (χ4v) is 1.99. The highest BCUT2D eigenvalue weighted by molar-refractivity contribution is 14.1. The minimum absolute atomic E-state index is 0.269. The van der Waals surface area contributed by atoms with Crippen LogP contribution in [0.3, 0.4) is 0 Å². The summed E-state index contributed by atoms with van der Waals surface area (Å²) in [5.41, 5.74) is 7.35. The van der Waals surface area contributed by atoms with Crippen LogP contribution >= 0.6 is 22.6 Å². The van der Waals surface area contributed by atoms with Crippen LogP contribution in [-0.2, 0) is 6.54 Å². The number of hydrogen-bond donors (Lipinski definition) is 2. The second-order valence-electron chi connectivity index (χ2n) is 3.89. The van der Waals surface area contributed by atoms with Crippen LogP contribution in [0.5, 0.6) is 0 Å². The first-order chi connectivity index (χ1) is 8.60. The summed E-state index contributed by atoms with van der Waals surface area (Å²) < 4.78 is 6.39. The van der Waals surface area contributed by atoms with E-state index in [1.807, 2.05) is 25.1 Å². The van der Waals surface area contributed by atoms with Gasteiger partial charge in [0.25, 0.3) is 5.91 Å². The van der Waals surface area contributed by atoms with Gasteiger partial charge < -0.3 is 15.5 Å². The molecule has 2 rings (SSSR count). The molecule has 0 aliphatic rings. The van der Waals surface area contributed by atoms with Gasteiger partial charge in [-0.2, -0.15) is 0 Å². The second-order valence-corrected chi connectivity index (χ2v) is 5.05. The molecule has 1 aromatic carbocycles. The van der Waals surface area contributed by atoms with E-state index in [1.165, 1.54) is 5.56 Å². The lowest BCUT2D eigenvalue weighted by Crippen LogP contribution is -2.11. The molecule has 5 heteroatoms. The van der Waals surface area contributed by atoms with E-state index in [4.69, 9.17) is 10.2 Å². The van der Waals surface area contributed by atoms with Crippen molar-refractivity contribution >= 4 is 34.2 Å². The lowest BCUT2D eigenvalue weighted by Gasteiger charge is -2.05. The average Bonchev–Trinajstić information content (AvgIpc) is 2.82. The Hall–Kier alpha value is -1.34. The van der Waals surface area contributed by atoms with E-state index in [-0.39, 0.29) is 18.2 Å². The number of carbonyl (C=O) groups excluding carboxylic acids is 1. The van der Waals surface area contributed by atoms with Crippen LogP contribution in [0, 0.1) is 10.5 Å². The molecule has 1 heterocycles. The maximum Gasteiger partial charge on any atom is 0.291 e. The molecule has 94 valence electrons. The fraction of sp³-hybridized carbons (Fsp3) is 0.154. The highest BCUT2D eigenvalue weighted by Crippen LogP contribution is 2.18. The maximum absolute atomic E-state index is 11.9. The molecule has 4 nitrogen and oxygen atoms in total. The molecule has 0 atom stereocenters. The highest BCUT2D eigenvalue weighted by Gasteiger charge is 2.11. The van der Waals surface area contributed by atoms with Gasteiger partial charge in [0.05, 0.1) is 6.54 Å². The number of hydrogen-bond acceptors (Lipinski definition) is 3. The van der Waals surface area contributed by atoms with Crippen LogP contribution in [0.1, 0.15) is 21.9 Å².